The lowest BCUT2D eigenvalue weighted by molar-refractivity contribution is 1.48. The Morgan fingerprint density at radius 2 is 0.867 bits per heavy atom. The lowest BCUT2D eigenvalue weighted by atomic mass is 10.2. The molecule has 0 heteroatoms. The van der Waals surface area contributed by atoms with Crippen LogP contribution in [0.4, 0.5) is 0 Å². The molecule has 0 heterocycles. The smallest absolute Gasteiger partial charge is 0 e. The summed E-state index contributed by atoms with van der Waals surface area (Å²) >= 11 is 0. The van der Waals surface area contributed by atoms with Gasteiger partial charge in [-0.3, -0.25) is 0 Å². The topological polar surface area (TPSA) is 0 Å². The molecule has 0 aliphatic rings. The first-order valence-electron chi connectivity index (χ1n) is 5.41. The van der Waals surface area contributed by atoms with Gasteiger partial charge < -0.3 is 0 Å². The molecule has 2 aromatic rings. The molecule has 0 aliphatic heterocycles. The van der Waals surface area contributed by atoms with Crippen molar-refractivity contribution in [3.63, 3.8) is 0 Å². The lowest BCUT2D eigenvalue weighted by Gasteiger charge is -1.82. The van der Waals surface area contributed by atoms with Crippen LogP contribution in [0.1, 0.15) is 22.3 Å². The largest absolute Gasteiger partial charge is 0.0683 e. The van der Waals surface area contributed by atoms with Gasteiger partial charge in [-0.1, -0.05) is 86.1 Å². The van der Waals surface area contributed by atoms with E-state index in [0.717, 1.165) is 0 Å². The van der Waals surface area contributed by atoms with Crippen LogP contribution >= 0.6 is 0 Å². The Hall–Kier alpha value is -1.56. The minimum atomic E-state index is 0. The minimum absolute atomic E-state index is 0. The van der Waals surface area contributed by atoms with E-state index in [1.165, 1.54) is 5.56 Å². The van der Waals surface area contributed by atoms with Crippen LogP contribution in [0, 0.1) is 6.92 Å². The van der Waals surface area contributed by atoms with Crippen molar-refractivity contribution in [3.8, 4) is 0 Å². The fraction of sp³-hybridized carbons (Fsp3) is 0.200. The van der Waals surface area contributed by atoms with Crippen LogP contribution in [0.15, 0.2) is 66.7 Å². The molecule has 0 atom stereocenters. The Balaban J connectivity index is -0.000000184. The van der Waals surface area contributed by atoms with Crippen LogP contribution in [0.2, 0.25) is 0 Å². The maximum Gasteiger partial charge on any atom is 0 e. The van der Waals surface area contributed by atoms with Crippen molar-refractivity contribution in [2.45, 2.75) is 20.8 Å². The fourth-order valence-electron chi connectivity index (χ4n) is 0.919. The predicted octanol–water partition coefficient (Wildman–Crippen LogP) is 5.20. The maximum absolute atomic E-state index is 2.08. The molecule has 0 fully saturated rings. The van der Waals surface area contributed by atoms with Gasteiger partial charge in [0.25, 0.3) is 0 Å². The van der Waals surface area contributed by atoms with E-state index in [9.17, 15) is 0 Å². The molecular formula is C15H24. The van der Waals surface area contributed by atoms with Crippen LogP contribution in [0.3, 0.4) is 0 Å². The number of hydrogen-bond acceptors (Lipinski definition) is 0. The normalized spacial score (nSPS) is 7.67. The van der Waals surface area contributed by atoms with Crippen molar-refractivity contribution in [2.75, 3.05) is 0 Å². The fourth-order valence-corrected chi connectivity index (χ4v) is 0.919. The van der Waals surface area contributed by atoms with Crippen LogP contribution in [-0.4, -0.2) is 0 Å². The molecule has 84 valence electrons. The summed E-state index contributed by atoms with van der Waals surface area (Å²) in [6.45, 7) is 6.08. The van der Waals surface area contributed by atoms with Crippen LogP contribution in [-0.2, 0) is 0 Å². The van der Waals surface area contributed by atoms with Crippen molar-refractivity contribution in [1.29, 1.82) is 0 Å². The van der Waals surface area contributed by atoms with Gasteiger partial charge in [0.05, 0.1) is 0 Å². The van der Waals surface area contributed by atoms with Crippen molar-refractivity contribution < 1.29 is 2.85 Å². The highest BCUT2D eigenvalue weighted by atomic mass is 13.8. The molecule has 2 aromatic carbocycles. The zero-order valence-corrected chi connectivity index (χ0v) is 9.85. The van der Waals surface area contributed by atoms with Gasteiger partial charge in [0, 0.05) is 2.85 Å². The summed E-state index contributed by atoms with van der Waals surface area (Å²) in [5.41, 5.74) is 1.32. The first kappa shape index (κ1) is 13.4. The van der Waals surface area contributed by atoms with Gasteiger partial charge in [0.2, 0.25) is 0 Å². The number of hydrogen-bond donors (Lipinski definition) is 0. The van der Waals surface area contributed by atoms with E-state index in [1.54, 1.807) is 0 Å². The molecule has 15 heavy (non-hydrogen) atoms. The molecule has 0 saturated carbocycles. The Labute approximate surface area is 96.6 Å². The third-order valence-electron chi connectivity index (χ3n) is 1.61. The van der Waals surface area contributed by atoms with Crippen molar-refractivity contribution in [3.05, 3.63) is 72.3 Å². The summed E-state index contributed by atoms with van der Waals surface area (Å²) in [6.07, 6.45) is 0. The van der Waals surface area contributed by atoms with Gasteiger partial charge in [-0.2, -0.15) is 0 Å². The van der Waals surface area contributed by atoms with Gasteiger partial charge in [0.15, 0.2) is 0 Å². The van der Waals surface area contributed by atoms with Gasteiger partial charge >= 0.3 is 0 Å². The van der Waals surface area contributed by atoms with Gasteiger partial charge in [0.1, 0.15) is 0 Å². The second-order valence-corrected chi connectivity index (χ2v) is 2.81. The van der Waals surface area contributed by atoms with Gasteiger partial charge in [-0.15, -0.1) is 0 Å². The average molecular weight is 206 g/mol. The van der Waals surface area contributed by atoms with E-state index in [2.05, 4.69) is 19.1 Å². The van der Waals surface area contributed by atoms with Crippen molar-refractivity contribution in [2.24, 2.45) is 0 Å². The molecule has 0 spiro atoms. The maximum atomic E-state index is 2.08. The zero-order chi connectivity index (χ0) is 11.4. The molecule has 0 amide bonds. The average Bonchev–Trinajstić information content (AvgIpc) is 2.36. The molecule has 0 aliphatic carbocycles. The summed E-state index contributed by atoms with van der Waals surface area (Å²) < 4.78 is 0. The second kappa shape index (κ2) is 10.5. The molecular weight excluding hydrogens is 180 g/mol. The van der Waals surface area contributed by atoms with Crippen molar-refractivity contribution >= 4 is 0 Å². The van der Waals surface area contributed by atoms with Gasteiger partial charge in [-0.25, -0.2) is 0 Å². The van der Waals surface area contributed by atoms with Crippen LogP contribution < -0.4 is 0 Å². The molecule has 0 saturated heterocycles. The lowest BCUT2D eigenvalue weighted by Crippen LogP contribution is -1.62. The Kier molecular flexibility index (Phi) is 9.43. The standard InChI is InChI=1S/C7H8.C6H6.C2H6.2H2/c1-7-5-3-2-4-6-7;1-2-4-6-5-3-1;1-2;;/h2-6H,1H3;1-6H;1-2H3;2*1H/i;;;2*1+1. The monoisotopic (exact) mass is 206 g/mol. The summed E-state index contributed by atoms with van der Waals surface area (Å²) in [7, 11) is 0. The predicted molar refractivity (Wildman–Crippen MR) is 73.2 cm³/mol. The third-order valence-corrected chi connectivity index (χ3v) is 1.61. The third kappa shape index (κ3) is 8.76. The first-order valence-corrected chi connectivity index (χ1v) is 5.41. The van der Waals surface area contributed by atoms with E-state index >= 15 is 0 Å². The quantitative estimate of drug-likeness (QED) is 0.556. The van der Waals surface area contributed by atoms with E-state index in [1.807, 2.05) is 68.4 Å². The van der Waals surface area contributed by atoms with Crippen LogP contribution in [0.5, 0.6) is 0 Å². The summed E-state index contributed by atoms with van der Waals surface area (Å²) in [5.74, 6) is 0. The summed E-state index contributed by atoms with van der Waals surface area (Å²) in [6, 6.07) is 22.3. The Morgan fingerprint density at radius 1 is 0.600 bits per heavy atom. The summed E-state index contributed by atoms with van der Waals surface area (Å²) in [5, 5.41) is 0. The minimum Gasteiger partial charge on any atom is -0.0683 e. The Morgan fingerprint density at radius 3 is 1.07 bits per heavy atom. The summed E-state index contributed by atoms with van der Waals surface area (Å²) in [4.78, 5) is 0. The zero-order valence-electron chi connectivity index (χ0n) is 9.85. The van der Waals surface area contributed by atoms with Gasteiger partial charge in [-0.05, 0) is 6.92 Å². The Bertz CT molecular complexity index is 279. The highest BCUT2D eigenvalue weighted by Crippen LogP contribution is 1.92. The highest BCUT2D eigenvalue weighted by molar-refractivity contribution is 5.11. The highest BCUT2D eigenvalue weighted by Gasteiger charge is 1.72. The number of rotatable bonds is 0. The number of benzene rings is 2. The molecule has 0 N–H and O–H groups in total. The number of aryl methyl sites for hydroxylation is 1. The van der Waals surface area contributed by atoms with Crippen molar-refractivity contribution in [1.82, 2.24) is 0 Å². The van der Waals surface area contributed by atoms with Crippen LogP contribution in [0.25, 0.3) is 0 Å². The molecule has 0 unspecified atom stereocenters. The molecule has 0 radical (unpaired) electrons. The first-order chi connectivity index (χ1) is 7.39. The molecule has 0 bridgehead atoms. The molecule has 2 rings (SSSR count). The van der Waals surface area contributed by atoms with E-state index in [4.69, 9.17) is 0 Å². The van der Waals surface area contributed by atoms with E-state index in [0.29, 0.717) is 0 Å². The molecule has 0 aromatic heterocycles. The second-order valence-electron chi connectivity index (χ2n) is 2.81. The SMILES string of the molecule is CC.Cc1ccccc1.[2HH].[2HH].c1ccccc1. The molecule has 0 nitrogen and oxygen atoms in total. The van der Waals surface area contributed by atoms with E-state index < -0.39 is 0 Å². The van der Waals surface area contributed by atoms with E-state index in [-0.39, 0.29) is 2.85 Å².